The number of amides is 1. The van der Waals surface area contributed by atoms with Gasteiger partial charge in [-0.3, -0.25) is 15.1 Å². The Balaban J connectivity index is 1.78. The van der Waals surface area contributed by atoms with Crippen LogP contribution in [0.2, 0.25) is 10.0 Å². The maximum Gasteiger partial charge on any atom is 0.227 e. The van der Waals surface area contributed by atoms with Crippen molar-refractivity contribution < 1.29 is 4.79 Å². The highest BCUT2D eigenvalue weighted by atomic mass is 35.5. The normalized spacial score (nSPS) is 18.6. The first-order chi connectivity index (χ1) is 18.9. The van der Waals surface area contributed by atoms with E-state index in [9.17, 15) is 4.79 Å². The van der Waals surface area contributed by atoms with Crippen molar-refractivity contribution in [1.82, 2.24) is 15.1 Å². The van der Waals surface area contributed by atoms with E-state index in [2.05, 4.69) is 61.0 Å². The van der Waals surface area contributed by atoms with Gasteiger partial charge in [-0.1, -0.05) is 66.9 Å². The minimum absolute atomic E-state index is 0.0163. The van der Waals surface area contributed by atoms with Crippen molar-refractivity contribution in [1.29, 1.82) is 5.41 Å². The van der Waals surface area contributed by atoms with Gasteiger partial charge in [-0.15, -0.1) is 0 Å². The summed E-state index contributed by atoms with van der Waals surface area (Å²) in [5.74, 6) is 0.536. The first kappa shape index (κ1) is 32.2. The first-order valence-electron chi connectivity index (χ1n) is 14.3. The molecule has 0 aromatic heterocycles. The van der Waals surface area contributed by atoms with Crippen LogP contribution >= 0.6 is 23.2 Å². The Morgan fingerprint density at radius 1 is 1.10 bits per heavy atom. The molecule has 1 fully saturated rings. The number of carbonyl (C=O) groups excluding carboxylic acids is 1. The van der Waals surface area contributed by atoms with Gasteiger partial charge in [0.2, 0.25) is 5.91 Å². The van der Waals surface area contributed by atoms with Gasteiger partial charge in [-0.05, 0) is 74.3 Å². The molecule has 40 heavy (non-hydrogen) atoms. The van der Waals surface area contributed by atoms with E-state index in [1.165, 1.54) is 16.7 Å². The molecule has 0 spiro atoms. The van der Waals surface area contributed by atoms with Gasteiger partial charge >= 0.3 is 0 Å². The Morgan fingerprint density at radius 3 is 2.50 bits per heavy atom. The number of hydrogen-bond donors (Lipinski definition) is 4. The molecule has 1 aliphatic rings. The predicted octanol–water partition coefficient (Wildman–Crippen LogP) is 4.91. The van der Waals surface area contributed by atoms with Gasteiger partial charge in [0.05, 0.1) is 16.5 Å². The summed E-state index contributed by atoms with van der Waals surface area (Å²) < 4.78 is 0. The maximum absolute atomic E-state index is 13.7. The molecule has 1 amide bonds. The summed E-state index contributed by atoms with van der Waals surface area (Å²) in [6.07, 6.45) is 3.75. The summed E-state index contributed by atoms with van der Waals surface area (Å²) >= 11 is 12.3. The second kappa shape index (κ2) is 15.1. The van der Waals surface area contributed by atoms with E-state index in [1.54, 1.807) is 12.1 Å². The number of halogens is 2. The van der Waals surface area contributed by atoms with E-state index in [0.29, 0.717) is 29.1 Å². The lowest BCUT2D eigenvalue weighted by molar-refractivity contribution is -0.138. The average molecular weight is 590 g/mol. The quantitative estimate of drug-likeness (QED) is 0.160. The van der Waals surface area contributed by atoms with Crippen molar-refractivity contribution in [2.24, 2.45) is 17.4 Å². The molecule has 0 saturated carbocycles. The Morgan fingerprint density at radius 2 is 1.85 bits per heavy atom. The van der Waals surface area contributed by atoms with Gasteiger partial charge in [0.15, 0.2) is 5.96 Å². The van der Waals surface area contributed by atoms with Crippen LogP contribution in [0.5, 0.6) is 0 Å². The Kier molecular flexibility index (Phi) is 12.1. The third kappa shape index (κ3) is 9.65. The van der Waals surface area contributed by atoms with Crippen LogP contribution in [0.1, 0.15) is 55.4 Å². The summed E-state index contributed by atoms with van der Waals surface area (Å²) in [5.41, 5.74) is 16.9. The number of rotatable bonds is 12. The van der Waals surface area contributed by atoms with E-state index < -0.39 is 0 Å². The average Bonchev–Trinajstić information content (AvgIpc) is 2.86. The molecule has 7 nitrogen and oxygen atoms in total. The highest BCUT2D eigenvalue weighted by Crippen LogP contribution is 2.27. The second-order valence-electron chi connectivity index (χ2n) is 11.7. The van der Waals surface area contributed by atoms with Crippen LogP contribution in [0.4, 0.5) is 0 Å². The van der Waals surface area contributed by atoms with E-state index in [1.807, 2.05) is 6.07 Å². The fourth-order valence-corrected chi connectivity index (χ4v) is 6.09. The molecule has 2 aromatic carbocycles. The number of benzene rings is 2. The molecule has 9 heteroatoms. The van der Waals surface area contributed by atoms with E-state index >= 15 is 0 Å². The number of nitrogens with two attached hydrogens (primary N) is 2. The molecule has 0 unspecified atom stereocenters. The Labute approximate surface area is 250 Å². The van der Waals surface area contributed by atoms with E-state index in [0.717, 1.165) is 44.3 Å². The largest absolute Gasteiger partial charge is 0.370 e. The highest BCUT2D eigenvalue weighted by Gasteiger charge is 2.36. The molecule has 0 aliphatic carbocycles. The summed E-state index contributed by atoms with van der Waals surface area (Å²) in [6.45, 7) is 11.5. The summed E-state index contributed by atoms with van der Waals surface area (Å²) in [7, 11) is 0. The summed E-state index contributed by atoms with van der Waals surface area (Å²) in [6, 6.07) is 12.2. The monoisotopic (exact) mass is 588 g/mol. The lowest BCUT2D eigenvalue weighted by Gasteiger charge is -2.48. The van der Waals surface area contributed by atoms with Crippen molar-refractivity contribution in [2.45, 2.75) is 77.9 Å². The molecule has 1 heterocycles. The van der Waals surface area contributed by atoms with Crippen LogP contribution in [-0.2, 0) is 17.6 Å². The minimum Gasteiger partial charge on any atom is -0.370 e. The van der Waals surface area contributed by atoms with Gasteiger partial charge in [0.25, 0.3) is 0 Å². The molecule has 0 bridgehead atoms. The van der Waals surface area contributed by atoms with Crippen molar-refractivity contribution in [2.75, 3.05) is 26.2 Å². The van der Waals surface area contributed by atoms with Crippen LogP contribution < -0.4 is 16.8 Å². The fourth-order valence-electron chi connectivity index (χ4n) is 5.77. The zero-order valence-corrected chi connectivity index (χ0v) is 25.9. The minimum atomic E-state index is -0.0218. The molecular weight excluding hydrogens is 543 g/mol. The number of nitrogens with one attached hydrogen (secondary N) is 2. The van der Waals surface area contributed by atoms with Crippen LogP contribution in [0.3, 0.4) is 0 Å². The van der Waals surface area contributed by atoms with Gasteiger partial charge < -0.3 is 21.7 Å². The molecule has 1 saturated heterocycles. The van der Waals surface area contributed by atoms with Crippen molar-refractivity contribution in [3.63, 3.8) is 0 Å². The third-order valence-corrected chi connectivity index (χ3v) is 8.43. The molecule has 6 N–H and O–H groups in total. The highest BCUT2D eigenvalue weighted by molar-refractivity contribution is 6.42. The molecule has 3 atom stereocenters. The summed E-state index contributed by atoms with van der Waals surface area (Å²) in [5, 5.41) is 11.3. The Hall–Kier alpha value is -2.32. The number of aryl methyl sites for hydroxylation is 2. The SMILES string of the molecule is Cc1ccc(C[C@@H](N)CN2C[C@@H](CC(C)C)N(C(=O)Cc3ccc(Cl)c(Cl)c3)C[C@@H]2CCCNC(=N)N)c(C)c1. The van der Waals surface area contributed by atoms with Crippen molar-refractivity contribution in [3.05, 3.63) is 68.7 Å². The fraction of sp³-hybridized carbons (Fsp3) is 0.548. The Bertz CT molecular complexity index is 1160. The molecule has 220 valence electrons. The van der Waals surface area contributed by atoms with Crippen molar-refractivity contribution >= 4 is 35.1 Å². The van der Waals surface area contributed by atoms with E-state index in [-0.39, 0.29) is 36.4 Å². The zero-order valence-electron chi connectivity index (χ0n) is 24.4. The molecule has 2 aromatic rings. The van der Waals surface area contributed by atoms with Gasteiger partial charge in [0.1, 0.15) is 0 Å². The zero-order chi connectivity index (χ0) is 29.4. The summed E-state index contributed by atoms with van der Waals surface area (Å²) in [4.78, 5) is 18.3. The topological polar surface area (TPSA) is 111 Å². The van der Waals surface area contributed by atoms with E-state index in [4.69, 9.17) is 40.1 Å². The number of piperazine rings is 1. The number of carbonyl (C=O) groups is 1. The predicted molar refractivity (Wildman–Crippen MR) is 167 cm³/mol. The van der Waals surface area contributed by atoms with Crippen LogP contribution in [0, 0.1) is 25.2 Å². The standard InChI is InChI=1S/C31H46Cl2N6O/c1-20(2)12-27-18-38(17-25(34)16-24-9-7-21(3)13-22(24)4)26(6-5-11-37-31(35)36)19-39(27)30(40)15-23-8-10-28(32)29(33)14-23/h7-10,13-14,20,25-27H,5-6,11-12,15-19,34H2,1-4H3,(H4,35,36,37)/t25-,26+,27-/m1/s1. The molecule has 0 radical (unpaired) electrons. The van der Waals surface area contributed by atoms with Gasteiger partial charge in [-0.25, -0.2) is 0 Å². The molecule has 1 aliphatic heterocycles. The first-order valence-corrected chi connectivity index (χ1v) is 15.1. The molecular formula is C31H46Cl2N6O. The smallest absolute Gasteiger partial charge is 0.227 e. The van der Waals surface area contributed by atoms with Crippen LogP contribution in [-0.4, -0.2) is 66.0 Å². The van der Waals surface area contributed by atoms with Gasteiger partial charge in [0, 0.05) is 44.3 Å². The molecule has 3 rings (SSSR count). The lowest BCUT2D eigenvalue weighted by atomic mass is 9.93. The lowest BCUT2D eigenvalue weighted by Crippen LogP contribution is -2.62. The number of guanidine groups is 1. The number of nitrogens with zero attached hydrogens (tertiary/aromatic N) is 2. The number of hydrogen-bond acceptors (Lipinski definition) is 4. The third-order valence-electron chi connectivity index (χ3n) is 7.69. The second-order valence-corrected chi connectivity index (χ2v) is 12.6. The van der Waals surface area contributed by atoms with Crippen LogP contribution in [0.25, 0.3) is 0 Å². The van der Waals surface area contributed by atoms with Gasteiger partial charge in [-0.2, -0.15) is 0 Å². The maximum atomic E-state index is 13.7. The van der Waals surface area contributed by atoms with Crippen LogP contribution in [0.15, 0.2) is 36.4 Å². The van der Waals surface area contributed by atoms with Crippen molar-refractivity contribution in [3.8, 4) is 0 Å².